The van der Waals surface area contributed by atoms with Crippen molar-refractivity contribution in [2.75, 3.05) is 13.2 Å². The van der Waals surface area contributed by atoms with E-state index in [1.165, 1.54) is 0 Å². The van der Waals surface area contributed by atoms with Crippen molar-refractivity contribution >= 4 is 22.8 Å². The van der Waals surface area contributed by atoms with Gasteiger partial charge in [-0.1, -0.05) is 30.3 Å². The second-order valence-electron chi connectivity index (χ2n) is 6.88. The lowest BCUT2D eigenvalue weighted by Crippen LogP contribution is -2.35. The molecule has 2 aromatic carbocycles. The van der Waals surface area contributed by atoms with Gasteiger partial charge >= 0.3 is 5.97 Å². The topological polar surface area (TPSA) is 93.5 Å². The van der Waals surface area contributed by atoms with Gasteiger partial charge in [0, 0.05) is 19.0 Å². The maximum absolute atomic E-state index is 12.4. The molecule has 0 saturated heterocycles. The minimum absolute atomic E-state index is 0.0617. The van der Waals surface area contributed by atoms with Crippen LogP contribution in [0.2, 0.25) is 0 Å². The lowest BCUT2D eigenvalue weighted by Gasteiger charge is -2.14. The summed E-state index contributed by atoms with van der Waals surface area (Å²) in [7, 11) is 1.83. The predicted octanol–water partition coefficient (Wildman–Crippen LogP) is 2.57. The van der Waals surface area contributed by atoms with Crippen LogP contribution in [0, 0.1) is 5.92 Å². The number of rotatable bonds is 9. The van der Waals surface area contributed by atoms with Gasteiger partial charge < -0.3 is 15.2 Å². The third kappa shape index (κ3) is 5.13. The number of ether oxygens (including phenoxy) is 1. The van der Waals surface area contributed by atoms with Gasteiger partial charge in [0.15, 0.2) is 0 Å². The SMILES string of the molecule is CCOc1ccc(CC(CNC(=O)Cc2nn(C)c3ccccc23)C(=O)O)cc1. The largest absolute Gasteiger partial charge is 0.494 e. The van der Waals surface area contributed by atoms with Crippen LogP contribution >= 0.6 is 0 Å². The van der Waals surface area contributed by atoms with Crippen LogP contribution in [0.3, 0.4) is 0 Å². The zero-order chi connectivity index (χ0) is 20.8. The summed E-state index contributed by atoms with van der Waals surface area (Å²) >= 11 is 0. The summed E-state index contributed by atoms with van der Waals surface area (Å²) in [6.07, 6.45) is 0.436. The number of carbonyl (C=O) groups is 2. The molecule has 152 valence electrons. The van der Waals surface area contributed by atoms with Gasteiger partial charge in [0.1, 0.15) is 5.75 Å². The number of nitrogens with one attached hydrogen (secondary N) is 1. The van der Waals surface area contributed by atoms with Crippen molar-refractivity contribution < 1.29 is 19.4 Å². The van der Waals surface area contributed by atoms with E-state index in [1.807, 2.05) is 62.5 Å². The molecular formula is C22H25N3O4. The van der Waals surface area contributed by atoms with Crippen LogP contribution in [-0.2, 0) is 29.5 Å². The molecule has 0 aliphatic rings. The van der Waals surface area contributed by atoms with E-state index >= 15 is 0 Å². The Bertz CT molecular complexity index is 995. The van der Waals surface area contributed by atoms with E-state index in [-0.39, 0.29) is 18.9 Å². The van der Waals surface area contributed by atoms with E-state index in [2.05, 4.69) is 10.4 Å². The standard InChI is InChI=1S/C22H25N3O4/c1-3-29-17-10-8-15(9-11-17)12-16(22(27)28)14-23-21(26)13-19-18-6-4-5-7-20(18)25(2)24-19/h4-11,16H,3,12-14H2,1-2H3,(H,23,26)(H,27,28). The predicted molar refractivity (Wildman–Crippen MR) is 110 cm³/mol. The van der Waals surface area contributed by atoms with Crippen LogP contribution in [-0.4, -0.2) is 39.9 Å². The number of hydrogen-bond acceptors (Lipinski definition) is 4. The third-order valence-corrected chi connectivity index (χ3v) is 4.77. The molecule has 0 aliphatic heterocycles. The van der Waals surface area contributed by atoms with E-state index in [0.717, 1.165) is 22.2 Å². The normalized spacial score (nSPS) is 11.9. The molecule has 0 radical (unpaired) electrons. The second-order valence-corrected chi connectivity index (χ2v) is 6.88. The Kier molecular flexibility index (Phi) is 6.49. The monoisotopic (exact) mass is 395 g/mol. The molecule has 0 fully saturated rings. The number of carboxylic acid groups (broad SMARTS) is 1. The highest BCUT2D eigenvalue weighted by Crippen LogP contribution is 2.18. The number of carboxylic acids is 1. The van der Waals surface area contributed by atoms with Crippen molar-refractivity contribution in [1.29, 1.82) is 0 Å². The molecule has 0 aliphatic carbocycles. The first kappa shape index (κ1) is 20.4. The summed E-state index contributed by atoms with van der Waals surface area (Å²) < 4.78 is 7.14. The molecule has 29 heavy (non-hydrogen) atoms. The average molecular weight is 395 g/mol. The van der Waals surface area contributed by atoms with Crippen molar-refractivity contribution in [2.24, 2.45) is 13.0 Å². The second kappa shape index (κ2) is 9.23. The van der Waals surface area contributed by atoms with Crippen molar-refractivity contribution in [3.63, 3.8) is 0 Å². The Hall–Kier alpha value is -3.35. The maximum atomic E-state index is 12.4. The molecule has 3 aromatic rings. The Morgan fingerprint density at radius 1 is 1.17 bits per heavy atom. The molecule has 1 heterocycles. The highest BCUT2D eigenvalue weighted by atomic mass is 16.5. The number of aliphatic carboxylic acids is 1. The summed E-state index contributed by atoms with van der Waals surface area (Å²) in [5, 5.41) is 17.6. The summed E-state index contributed by atoms with van der Waals surface area (Å²) in [5.74, 6) is -1.15. The molecule has 1 unspecified atom stereocenters. The summed E-state index contributed by atoms with van der Waals surface area (Å²) in [4.78, 5) is 24.0. The van der Waals surface area contributed by atoms with Crippen molar-refractivity contribution in [3.8, 4) is 5.75 Å². The van der Waals surface area contributed by atoms with Crippen molar-refractivity contribution in [1.82, 2.24) is 15.1 Å². The number of carbonyl (C=O) groups excluding carboxylic acids is 1. The number of aryl methyl sites for hydroxylation is 1. The molecule has 7 nitrogen and oxygen atoms in total. The molecule has 1 amide bonds. The molecular weight excluding hydrogens is 370 g/mol. The molecule has 1 aromatic heterocycles. The van der Waals surface area contributed by atoms with Gasteiger partial charge in [0.25, 0.3) is 0 Å². The van der Waals surface area contributed by atoms with E-state index in [4.69, 9.17) is 4.74 Å². The van der Waals surface area contributed by atoms with Crippen LogP contribution < -0.4 is 10.1 Å². The number of hydrogen-bond donors (Lipinski definition) is 2. The minimum atomic E-state index is -0.942. The molecule has 3 rings (SSSR count). The Labute approximate surface area is 169 Å². The molecule has 0 bridgehead atoms. The first-order valence-corrected chi connectivity index (χ1v) is 9.59. The van der Waals surface area contributed by atoms with Gasteiger partial charge in [0.2, 0.25) is 5.91 Å². The average Bonchev–Trinajstić information content (AvgIpc) is 3.02. The van der Waals surface area contributed by atoms with Crippen LogP contribution in [0.25, 0.3) is 10.9 Å². The molecule has 0 saturated carbocycles. The lowest BCUT2D eigenvalue weighted by molar-refractivity contribution is -0.141. The molecule has 1 atom stereocenters. The van der Waals surface area contributed by atoms with E-state index in [0.29, 0.717) is 18.7 Å². The van der Waals surface area contributed by atoms with Gasteiger partial charge in [-0.05, 0) is 37.1 Å². The third-order valence-electron chi connectivity index (χ3n) is 4.77. The fourth-order valence-electron chi connectivity index (χ4n) is 3.29. The highest BCUT2D eigenvalue weighted by Gasteiger charge is 2.20. The van der Waals surface area contributed by atoms with E-state index < -0.39 is 11.9 Å². The number of nitrogens with zero attached hydrogens (tertiary/aromatic N) is 2. The Balaban J connectivity index is 1.59. The first-order chi connectivity index (χ1) is 14.0. The number of aromatic nitrogens is 2. The number of benzene rings is 2. The smallest absolute Gasteiger partial charge is 0.308 e. The van der Waals surface area contributed by atoms with Crippen molar-refractivity contribution in [3.05, 3.63) is 59.8 Å². The minimum Gasteiger partial charge on any atom is -0.494 e. The number of fused-ring (bicyclic) bond motifs is 1. The van der Waals surface area contributed by atoms with Crippen LogP contribution in [0.15, 0.2) is 48.5 Å². The fraction of sp³-hybridized carbons (Fsp3) is 0.318. The summed E-state index contributed by atoms with van der Waals surface area (Å²) in [5.41, 5.74) is 2.51. The number of amides is 1. The van der Waals surface area contributed by atoms with E-state index in [9.17, 15) is 14.7 Å². The first-order valence-electron chi connectivity index (χ1n) is 9.59. The Morgan fingerprint density at radius 2 is 1.90 bits per heavy atom. The van der Waals surface area contributed by atoms with Crippen LogP contribution in [0.4, 0.5) is 0 Å². The molecule has 0 spiro atoms. The summed E-state index contributed by atoms with van der Waals surface area (Å²) in [6, 6.07) is 15.0. The maximum Gasteiger partial charge on any atom is 0.308 e. The van der Waals surface area contributed by atoms with Gasteiger partial charge in [-0.15, -0.1) is 0 Å². The molecule has 2 N–H and O–H groups in total. The van der Waals surface area contributed by atoms with Crippen LogP contribution in [0.5, 0.6) is 5.75 Å². The van der Waals surface area contributed by atoms with Gasteiger partial charge in [-0.3, -0.25) is 14.3 Å². The quantitative estimate of drug-likeness (QED) is 0.581. The fourth-order valence-corrected chi connectivity index (χ4v) is 3.29. The van der Waals surface area contributed by atoms with Gasteiger partial charge in [-0.25, -0.2) is 0 Å². The van der Waals surface area contributed by atoms with Gasteiger partial charge in [0.05, 0.1) is 30.2 Å². The zero-order valence-corrected chi connectivity index (χ0v) is 16.6. The highest BCUT2D eigenvalue weighted by molar-refractivity contribution is 5.87. The molecule has 7 heteroatoms. The van der Waals surface area contributed by atoms with Gasteiger partial charge in [-0.2, -0.15) is 5.10 Å². The van der Waals surface area contributed by atoms with E-state index in [1.54, 1.807) is 4.68 Å². The zero-order valence-electron chi connectivity index (χ0n) is 16.6. The Morgan fingerprint density at radius 3 is 2.59 bits per heavy atom. The lowest BCUT2D eigenvalue weighted by atomic mass is 9.99. The summed E-state index contributed by atoms with van der Waals surface area (Å²) in [6.45, 7) is 2.55. The van der Waals surface area contributed by atoms with Crippen molar-refractivity contribution in [2.45, 2.75) is 19.8 Å². The van der Waals surface area contributed by atoms with Crippen LogP contribution in [0.1, 0.15) is 18.2 Å². The number of para-hydroxylation sites is 1.